The molecule has 2 rings (SSSR count). The van der Waals surface area contributed by atoms with Crippen molar-refractivity contribution in [3.05, 3.63) is 0 Å². The van der Waals surface area contributed by atoms with Crippen LogP contribution in [0.15, 0.2) is 0 Å². The summed E-state index contributed by atoms with van der Waals surface area (Å²) in [6.07, 6.45) is 4.21. The monoisotopic (exact) mass is 276 g/mol. The maximum absolute atomic E-state index is 12.6. The van der Waals surface area contributed by atoms with Crippen LogP contribution in [0.4, 0.5) is 0 Å². The molecule has 0 aromatic heterocycles. The van der Waals surface area contributed by atoms with Gasteiger partial charge in [-0.2, -0.15) is 17.0 Å². The molecule has 2 atom stereocenters. The van der Waals surface area contributed by atoms with Crippen LogP contribution in [-0.4, -0.2) is 55.4 Å². The molecule has 2 aliphatic rings. The Morgan fingerprint density at radius 2 is 1.39 bits per heavy atom. The van der Waals surface area contributed by atoms with E-state index in [1.807, 2.05) is 13.8 Å². The highest BCUT2D eigenvalue weighted by Gasteiger charge is 2.35. The van der Waals surface area contributed by atoms with Crippen molar-refractivity contribution in [2.75, 3.05) is 26.2 Å². The second-order valence-corrected chi connectivity index (χ2v) is 7.32. The van der Waals surface area contributed by atoms with E-state index in [1.54, 1.807) is 8.61 Å². The number of morpholine rings is 1. The third-order valence-electron chi connectivity index (χ3n) is 3.60. The summed E-state index contributed by atoms with van der Waals surface area (Å²) in [5.74, 6) is 0. The summed E-state index contributed by atoms with van der Waals surface area (Å²) in [6, 6.07) is 0. The molecule has 2 unspecified atom stereocenters. The van der Waals surface area contributed by atoms with Gasteiger partial charge >= 0.3 is 0 Å². The number of rotatable bonds is 2. The Labute approximate surface area is 110 Å². The minimum atomic E-state index is -3.29. The average molecular weight is 276 g/mol. The normalized spacial score (nSPS) is 33.2. The second-order valence-electron chi connectivity index (χ2n) is 5.40. The summed E-state index contributed by atoms with van der Waals surface area (Å²) in [5.41, 5.74) is 0. The average Bonchev–Trinajstić information content (AvgIpc) is 2.56. The fraction of sp³-hybridized carbons (Fsp3) is 1.00. The summed E-state index contributed by atoms with van der Waals surface area (Å²) in [6.45, 7) is 6.15. The molecular formula is C12H24N2O3S. The minimum Gasteiger partial charge on any atom is -0.373 e. The zero-order chi connectivity index (χ0) is 13.2. The fourth-order valence-electron chi connectivity index (χ4n) is 2.75. The first-order valence-corrected chi connectivity index (χ1v) is 8.30. The van der Waals surface area contributed by atoms with Crippen LogP contribution in [0.3, 0.4) is 0 Å². The van der Waals surface area contributed by atoms with E-state index in [4.69, 9.17) is 4.74 Å². The molecule has 0 bridgehead atoms. The highest BCUT2D eigenvalue weighted by molar-refractivity contribution is 7.86. The second kappa shape index (κ2) is 5.86. The van der Waals surface area contributed by atoms with Gasteiger partial charge in [0.2, 0.25) is 0 Å². The van der Waals surface area contributed by atoms with Crippen molar-refractivity contribution in [3.8, 4) is 0 Å². The Balaban J connectivity index is 2.08. The van der Waals surface area contributed by atoms with Crippen LogP contribution in [0.5, 0.6) is 0 Å². The van der Waals surface area contributed by atoms with Gasteiger partial charge < -0.3 is 4.74 Å². The van der Waals surface area contributed by atoms with Crippen molar-refractivity contribution in [2.45, 2.75) is 51.7 Å². The molecule has 0 aromatic carbocycles. The van der Waals surface area contributed by atoms with Crippen molar-refractivity contribution in [1.29, 1.82) is 0 Å². The van der Waals surface area contributed by atoms with E-state index in [9.17, 15) is 8.42 Å². The van der Waals surface area contributed by atoms with Crippen LogP contribution >= 0.6 is 0 Å². The lowest BCUT2D eigenvalue weighted by Gasteiger charge is -2.37. The predicted octanol–water partition coefficient (Wildman–Crippen LogP) is 1.22. The molecule has 2 aliphatic heterocycles. The van der Waals surface area contributed by atoms with Gasteiger partial charge in [-0.1, -0.05) is 12.8 Å². The van der Waals surface area contributed by atoms with Gasteiger partial charge in [-0.3, -0.25) is 0 Å². The summed E-state index contributed by atoms with van der Waals surface area (Å²) >= 11 is 0. The van der Waals surface area contributed by atoms with Gasteiger partial charge in [0.15, 0.2) is 0 Å². The maximum Gasteiger partial charge on any atom is 0.282 e. The van der Waals surface area contributed by atoms with E-state index in [-0.39, 0.29) is 12.2 Å². The van der Waals surface area contributed by atoms with Crippen LogP contribution in [0, 0.1) is 0 Å². The highest BCUT2D eigenvalue weighted by Crippen LogP contribution is 2.20. The van der Waals surface area contributed by atoms with Crippen LogP contribution in [0.1, 0.15) is 39.5 Å². The Morgan fingerprint density at radius 3 is 1.89 bits per heavy atom. The van der Waals surface area contributed by atoms with Crippen molar-refractivity contribution >= 4 is 10.2 Å². The van der Waals surface area contributed by atoms with E-state index >= 15 is 0 Å². The molecule has 2 saturated heterocycles. The Kier molecular flexibility index (Phi) is 4.64. The lowest BCUT2D eigenvalue weighted by molar-refractivity contribution is -0.0454. The molecule has 2 fully saturated rings. The zero-order valence-corrected chi connectivity index (χ0v) is 12.2. The quantitative estimate of drug-likeness (QED) is 0.762. The molecule has 0 radical (unpaired) electrons. The lowest BCUT2D eigenvalue weighted by atomic mass is 10.2. The number of nitrogens with zero attached hydrogens (tertiary/aromatic N) is 2. The van der Waals surface area contributed by atoms with E-state index in [2.05, 4.69) is 0 Å². The minimum absolute atomic E-state index is 0.0181. The number of hydrogen-bond acceptors (Lipinski definition) is 3. The standard InChI is InChI=1S/C12H24N2O3S/c1-11-9-14(10-12(2)17-11)18(15,16)13-7-5-3-4-6-8-13/h11-12H,3-10H2,1-2H3. The maximum atomic E-state index is 12.6. The summed E-state index contributed by atoms with van der Waals surface area (Å²) in [4.78, 5) is 0. The smallest absolute Gasteiger partial charge is 0.282 e. The van der Waals surface area contributed by atoms with Crippen molar-refractivity contribution < 1.29 is 13.2 Å². The van der Waals surface area contributed by atoms with Gasteiger partial charge in [0, 0.05) is 26.2 Å². The van der Waals surface area contributed by atoms with E-state index in [1.165, 1.54) is 0 Å². The predicted molar refractivity (Wildman–Crippen MR) is 70.5 cm³/mol. The third-order valence-corrected chi connectivity index (χ3v) is 5.57. The molecule has 106 valence electrons. The molecule has 0 saturated carbocycles. The van der Waals surface area contributed by atoms with Crippen LogP contribution in [0.2, 0.25) is 0 Å². The topological polar surface area (TPSA) is 49.9 Å². The van der Waals surface area contributed by atoms with Gasteiger partial charge in [0.25, 0.3) is 10.2 Å². The van der Waals surface area contributed by atoms with Gasteiger partial charge in [-0.15, -0.1) is 0 Å². The van der Waals surface area contributed by atoms with Crippen LogP contribution in [-0.2, 0) is 14.9 Å². The largest absolute Gasteiger partial charge is 0.373 e. The molecule has 0 N–H and O–H groups in total. The molecule has 0 amide bonds. The van der Waals surface area contributed by atoms with Crippen molar-refractivity contribution in [1.82, 2.24) is 8.61 Å². The Bertz CT molecular complexity index is 354. The molecule has 0 spiro atoms. The Hall–Kier alpha value is -0.170. The molecule has 18 heavy (non-hydrogen) atoms. The molecular weight excluding hydrogens is 252 g/mol. The molecule has 0 aliphatic carbocycles. The molecule has 0 aromatic rings. The van der Waals surface area contributed by atoms with Crippen molar-refractivity contribution in [2.24, 2.45) is 0 Å². The van der Waals surface area contributed by atoms with Crippen molar-refractivity contribution in [3.63, 3.8) is 0 Å². The molecule has 2 heterocycles. The summed E-state index contributed by atoms with van der Waals surface area (Å²) in [7, 11) is -3.29. The van der Waals surface area contributed by atoms with Crippen LogP contribution < -0.4 is 0 Å². The Morgan fingerprint density at radius 1 is 0.889 bits per heavy atom. The molecule has 6 heteroatoms. The van der Waals surface area contributed by atoms with Gasteiger partial charge in [0.1, 0.15) is 0 Å². The third kappa shape index (κ3) is 3.23. The lowest BCUT2D eigenvalue weighted by Crippen LogP contribution is -2.53. The number of hydrogen-bond donors (Lipinski definition) is 0. The first kappa shape index (κ1) is 14.2. The molecule has 5 nitrogen and oxygen atoms in total. The summed E-state index contributed by atoms with van der Waals surface area (Å²) < 4.78 is 34.0. The summed E-state index contributed by atoms with van der Waals surface area (Å²) in [5, 5.41) is 0. The van der Waals surface area contributed by atoms with E-state index in [0.717, 1.165) is 25.7 Å². The van der Waals surface area contributed by atoms with Gasteiger partial charge in [-0.05, 0) is 26.7 Å². The fourth-order valence-corrected chi connectivity index (χ4v) is 4.60. The highest BCUT2D eigenvalue weighted by atomic mass is 32.2. The number of ether oxygens (including phenoxy) is 1. The SMILES string of the molecule is CC1CN(S(=O)(=O)N2CCCCCC2)CC(C)O1. The van der Waals surface area contributed by atoms with Gasteiger partial charge in [-0.25, -0.2) is 0 Å². The van der Waals surface area contributed by atoms with Crippen LogP contribution in [0.25, 0.3) is 0 Å². The van der Waals surface area contributed by atoms with E-state index < -0.39 is 10.2 Å². The van der Waals surface area contributed by atoms with Gasteiger partial charge in [0.05, 0.1) is 12.2 Å². The first-order valence-electron chi connectivity index (χ1n) is 6.91. The van der Waals surface area contributed by atoms with E-state index in [0.29, 0.717) is 26.2 Å². The first-order chi connectivity index (χ1) is 8.50. The zero-order valence-electron chi connectivity index (χ0n) is 11.3.